The monoisotopic (exact) mass is 399 g/mol. The molecule has 1 fully saturated rings. The average molecular weight is 400 g/mol. The molecule has 2 aromatic rings. The molecule has 28 heavy (non-hydrogen) atoms. The Labute approximate surface area is 170 Å². The van der Waals surface area contributed by atoms with Crippen LogP contribution in [0, 0.1) is 11.8 Å². The highest BCUT2D eigenvalue weighted by atomic mass is 35.5. The number of benzene rings is 2. The molecule has 0 aromatic heterocycles. The summed E-state index contributed by atoms with van der Waals surface area (Å²) < 4.78 is 0. The summed E-state index contributed by atoms with van der Waals surface area (Å²) in [6, 6.07) is 15.2. The number of nitrogens with two attached hydrogens (primary N) is 1. The van der Waals surface area contributed by atoms with Crippen LogP contribution in [0.3, 0.4) is 0 Å². The van der Waals surface area contributed by atoms with Gasteiger partial charge in [0.25, 0.3) is 5.91 Å². The van der Waals surface area contributed by atoms with Crippen molar-refractivity contribution in [2.75, 3.05) is 25.0 Å². The summed E-state index contributed by atoms with van der Waals surface area (Å²) in [6.07, 6.45) is 0. The van der Waals surface area contributed by atoms with Gasteiger partial charge in [0, 0.05) is 30.6 Å². The van der Waals surface area contributed by atoms with E-state index in [1.807, 2.05) is 36.9 Å². The minimum absolute atomic E-state index is 0.103. The lowest BCUT2D eigenvalue weighted by Crippen LogP contribution is -2.30. The van der Waals surface area contributed by atoms with Crippen LogP contribution in [0.2, 0.25) is 5.02 Å². The highest BCUT2D eigenvalue weighted by Gasteiger charge is 2.36. The Morgan fingerprint density at radius 2 is 1.89 bits per heavy atom. The minimum atomic E-state index is -0.148. The fraction of sp³-hybridized carbons (Fsp3) is 0.364. The molecule has 2 amide bonds. The first-order valence-corrected chi connectivity index (χ1v) is 9.93. The van der Waals surface area contributed by atoms with Gasteiger partial charge in [-0.25, -0.2) is 0 Å². The Balaban J connectivity index is 1.81. The van der Waals surface area contributed by atoms with E-state index in [1.54, 1.807) is 18.2 Å². The standard InChI is InChI=1S/C22H26ClN3O2/c1-14(2)21(27)25-17-8-9-20(23)18(10-17)22(28)26-12-16(11-24)19(13-26)15-6-4-3-5-7-15/h3-10,14,16,19H,11-13,24H2,1-2H3,(H,25,27)/t16-,19+/m1/s1. The summed E-state index contributed by atoms with van der Waals surface area (Å²) in [5, 5.41) is 3.20. The van der Waals surface area contributed by atoms with E-state index in [9.17, 15) is 9.59 Å². The first-order valence-electron chi connectivity index (χ1n) is 9.55. The summed E-state index contributed by atoms with van der Waals surface area (Å²) in [7, 11) is 0. The number of carbonyl (C=O) groups excluding carboxylic acids is 2. The van der Waals surface area contributed by atoms with E-state index in [0.717, 1.165) is 0 Å². The molecule has 0 radical (unpaired) electrons. The molecule has 2 atom stereocenters. The lowest BCUT2D eigenvalue weighted by molar-refractivity contribution is -0.118. The molecular weight excluding hydrogens is 374 g/mol. The number of likely N-dealkylation sites (tertiary alicyclic amines) is 1. The molecule has 5 nitrogen and oxygen atoms in total. The molecule has 1 heterocycles. The van der Waals surface area contributed by atoms with Crippen molar-refractivity contribution in [3.05, 3.63) is 64.7 Å². The molecule has 3 rings (SSSR count). The number of carbonyl (C=O) groups is 2. The Morgan fingerprint density at radius 1 is 1.18 bits per heavy atom. The highest BCUT2D eigenvalue weighted by Crippen LogP contribution is 2.34. The molecule has 0 unspecified atom stereocenters. The number of amides is 2. The largest absolute Gasteiger partial charge is 0.338 e. The maximum atomic E-state index is 13.2. The molecule has 0 spiro atoms. The van der Waals surface area contributed by atoms with Crippen molar-refractivity contribution in [3.8, 4) is 0 Å². The van der Waals surface area contributed by atoms with Crippen molar-refractivity contribution in [1.82, 2.24) is 4.90 Å². The summed E-state index contributed by atoms with van der Waals surface area (Å²) in [5.74, 6) is 0.0221. The van der Waals surface area contributed by atoms with Gasteiger partial charge < -0.3 is 16.0 Å². The number of nitrogens with zero attached hydrogens (tertiary/aromatic N) is 1. The van der Waals surface area contributed by atoms with Crippen LogP contribution < -0.4 is 11.1 Å². The van der Waals surface area contributed by atoms with Crippen LogP contribution in [0.5, 0.6) is 0 Å². The number of rotatable bonds is 5. The van der Waals surface area contributed by atoms with Crippen molar-refractivity contribution in [3.63, 3.8) is 0 Å². The fourth-order valence-corrected chi connectivity index (χ4v) is 3.78. The Bertz CT molecular complexity index is 854. The van der Waals surface area contributed by atoms with Gasteiger partial charge >= 0.3 is 0 Å². The zero-order chi connectivity index (χ0) is 20.3. The maximum absolute atomic E-state index is 13.2. The molecule has 0 aliphatic carbocycles. The van der Waals surface area contributed by atoms with Gasteiger partial charge in [-0.3, -0.25) is 9.59 Å². The second-order valence-electron chi connectivity index (χ2n) is 7.56. The van der Waals surface area contributed by atoms with Crippen molar-refractivity contribution in [1.29, 1.82) is 0 Å². The third-order valence-electron chi connectivity index (χ3n) is 5.25. The Morgan fingerprint density at radius 3 is 2.54 bits per heavy atom. The number of hydrogen-bond donors (Lipinski definition) is 2. The van der Waals surface area contributed by atoms with E-state index in [-0.39, 0.29) is 29.6 Å². The van der Waals surface area contributed by atoms with Crippen LogP contribution in [0.25, 0.3) is 0 Å². The van der Waals surface area contributed by atoms with Crippen LogP contribution in [-0.2, 0) is 4.79 Å². The second kappa shape index (κ2) is 8.76. The smallest absolute Gasteiger partial charge is 0.255 e. The van der Waals surface area contributed by atoms with E-state index in [0.29, 0.717) is 35.9 Å². The molecule has 2 aromatic carbocycles. The first kappa shape index (κ1) is 20.4. The van der Waals surface area contributed by atoms with Crippen LogP contribution in [0.4, 0.5) is 5.69 Å². The summed E-state index contributed by atoms with van der Waals surface area (Å²) >= 11 is 6.31. The van der Waals surface area contributed by atoms with Crippen LogP contribution in [0.1, 0.15) is 35.7 Å². The third kappa shape index (κ3) is 4.37. The Kier molecular flexibility index (Phi) is 6.37. The van der Waals surface area contributed by atoms with Gasteiger partial charge in [-0.1, -0.05) is 55.8 Å². The topological polar surface area (TPSA) is 75.4 Å². The fourth-order valence-electron chi connectivity index (χ4n) is 3.58. The summed E-state index contributed by atoms with van der Waals surface area (Å²) in [4.78, 5) is 26.9. The number of anilines is 1. The van der Waals surface area contributed by atoms with E-state index in [1.165, 1.54) is 5.56 Å². The first-order chi connectivity index (χ1) is 13.4. The molecule has 6 heteroatoms. The van der Waals surface area contributed by atoms with E-state index in [2.05, 4.69) is 17.4 Å². The normalized spacial score (nSPS) is 19.1. The lowest BCUT2D eigenvalue weighted by atomic mass is 9.89. The zero-order valence-corrected chi connectivity index (χ0v) is 16.9. The zero-order valence-electron chi connectivity index (χ0n) is 16.2. The maximum Gasteiger partial charge on any atom is 0.255 e. The number of hydrogen-bond acceptors (Lipinski definition) is 3. The number of halogens is 1. The molecule has 1 saturated heterocycles. The minimum Gasteiger partial charge on any atom is -0.338 e. The summed E-state index contributed by atoms with van der Waals surface area (Å²) in [5.41, 5.74) is 8.15. The Hall–Kier alpha value is -2.37. The van der Waals surface area contributed by atoms with Crippen molar-refractivity contribution < 1.29 is 9.59 Å². The van der Waals surface area contributed by atoms with Gasteiger partial charge in [-0.15, -0.1) is 0 Å². The lowest BCUT2D eigenvalue weighted by Gasteiger charge is -2.18. The number of nitrogens with one attached hydrogen (secondary N) is 1. The van der Waals surface area contributed by atoms with Gasteiger partial charge in [0.2, 0.25) is 5.91 Å². The predicted molar refractivity (Wildman–Crippen MR) is 113 cm³/mol. The average Bonchev–Trinajstić information content (AvgIpc) is 3.14. The predicted octanol–water partition coefficient (Wildman–Crippen LogP) is 3.75. The molecule has 3 N–H and O–H groups in total. The van der Waals surface area contributed by atoms with Crippen LogP contribution in [0.15, 0.2) is 48.5 Å². The van der Waals surface area contributed by atoms with E-state index < -0.39 is 0 Å². The van der Waals surface area contributed by atoms with E-state index >= 15 is 0 Å². The molecular formula is C22H26ClN3O2. The van der Waals surface area contributed by atoms with E-state index in [4.69, 9.17) is 17.3 Å². The van der Waals surface area contributed by atoms with Crippen molar-refractivity contribution >= 4 is 29.1 Å². The molecule has 0 bridgehead atoms. The molecule has 1 aliphatic rings. The van der Waals surface area contributed by atoms with Crippen LogP contribution in [-0.4, -0.2) is 36.3 Å². The molecule has 1 aliphatic heterocycles. The quantitative estimate of drug-likeness (QED) is 0.803. The van der Waals surface area contributed by atoms with Crippen LogP contribution >= 0.6 is 11.6 Å². The van der Waals surface area contributed by atoms with Gasteiger partial charge in [-0.05, 0) is 36.2 Å². The van der Waals surface area contributed by atoms with Gasteiger partial charge in [0.1, 0.15) is 0 Å². The SMILES string of the molecule is CC(C)C(=O)Nc1ccc(Cl)c(C(=O)N2C[C@@H](CN)[C@H](c3ccccc3)C2)c1. The van der Waals surface area contributed by atoms with Crippen molar-refractivity contribution in [2.45, 2.75) is 19.8 Å². The van der Waals surface area contributed by atoms with Gasteiger partial charge in [0.05, 0.1) is 10.6 Å². The van der Waals surface area contributed by atoms with Gasteiger partial charge in [-0.2, -0.15) is 0 Å². The molecule has 148 valence electrons. The van der Waals surface area contributed by atoms with Crippen molar-refractivity contribution in [2.24, 2.45) is 17.6 Å². The molecule has 0 saturated carbocycles. The van der Waals surface area contributed by atoms with Gasteiger partial charge in [0.15, 0.2) is 0 Å². The third-order valence-corrected chi connectivity index (χ3v) is 5.58. The highest BCUT2D eigenvalue weighted by molar-refractivity contribution is 6.34. The summed E-state index contributed by atoms with van der Waals surface area (Å²) in [6.45, 7) is 5.34. The second-order valence-corrected chi connectivity index (χ2v) is 7.97.